The number of aliphatic hydroxyl groups is 1. The predicted octanol–water partition coefficient (Wildman–Crippen LogP) is 1.78. The van der Waals surface area contributed by atoms with Crippen LogP contribution >= 0.6 is 15.9 Å². The van der Waals surface area contributed by atoms with Crippen LogP contribution in [-0.4, -0.2) is 27.2 Å². The van der Waals surface area contributed by atoms with Crippen LogP contribution < -0.4 is 11.1 Å². The lowest BCUT2D eigenvalue weighted by Crippen LogP contribution is -2.41. The highest BCUT2D eigenvalue weighted by atomic mass is 79.9. The Bertz CT molecular complexity index is 326. The molecular formula is C10H17BrN4O. The molecule has 0 unspecified atom stereocenters. The van der Waals surface area contributed by atoms with E-state index in [9.17, 15) is 5.11 Å². The van der Waals surface area contributed by atoms with Gasteiger partial charge in [0.15, 0.2) is 0 Å². The molecule has 0 saturated heterocycles. The quantitative estimate of drug-likeness (QED) is 0.720. The molecule has 0 bridgehead atoms. The Kier molecular flexibility index (Phi) is 4.49. The van der Waals surface area contributed by atoms with E-state index >= 15 is 0 Å². The summed E-state index contributed by atoms with van der Waals surface area (Å²) >= 11 is 3.25. The summed E-state index contributed by atoms with van der Waals surface area (Å²) in [5.41, 5.74) is 5.24. The average molecular weight is 289 g/mol. The van der Waals surface area contributed by atoms with Crippen molar-refractivity contribution in [1.82, 2.24) is 9.97 Å². The summed E-state index contributed by atoms with van der Waals surface area (Å²) in [6, 6.07) is 1.63. The van der Waals surface area contributed by atoms with E-state index in [1.54, 1.807) is 6.07 Å². The Morgan fingerprint density at radius 2 is 2.06 bits per heavy atom. The summed E-state index contributed by atoms with van der Waals surface area (Å²) in [4.78, 5) is 8.24. The van der Waals surface area contributed by atoms with Gasteiger partial charge in [0.2, 0.25) is 5.95 Å². The molecule has 1 rings (SSSR count). The molecule has 16 heavy (non-hydrogen) atoms. The second-order valence-electron chi connectivity index (χ2n) is 3.71. The Labute approximate surface area is 104 Å². The first kappa shape index (κ1) is 13.2. The number of hydrogen-bond acceptors (Lipinski definition) is 5. The maximum absolute atomic E-state index is 9.42. The number of halogens is 1. The number of hydrogen-bond donors (Lipinski definition) is 3. The molecule has 0 atom stereocenters. The molecule has 90 valence electrons. The molecule has 0 aliphatic rings. The van der Waals surface area contributed by atoms with Crippen molar-refractivity contribution in [3.8, 4) is 0 Å². The fraction of sp³-hybridized carbons (Fsp3) is 0.600. The average Bonchev–Trinajstić information content (AvgIpc) is 2.25. The van der Waals surface area contributed by atoms with E-state index in [1.807, 2.05) is 13.8 Å². The fourth-order valence-corrected chi connectivity index (χ4v) is 1.82. The second kappa shape index (κ2) is 5.45. The van der Waals surface area contributed by atoms with Crippen molar-refractivity contribution >= 4 is 27.7 Å². The number of nitrogens with one attached hydrogen (secondary N) is 1. The normalized spacial score (nSPS) is 11.5. The summed E-state index contributed by atoms with van der Waals surface area (Å²) in [6.07, 6.45) is 1.57. The minimum Gasteiger partial charge on any atom is -0.394 e. The molecule has 0 aromatic carbocycles. The molecule has 5 nitrogen and oxygen atoms in total. The number of anilines is 2. The fourth-order valence-electron chi connectivity index (χ4n) is 1.42. The third-order valence-electron chi connectivity index (χ3n) is 2.75. The van der Waals surface area contributed by atoms with E-state index in [0.29, 0.717) is 16.4 Å². The molecule has 0 radical (unpaired) electrons. The first-order chi connectivity index (χ1) is 7.55. The molecule has 0 amide bonds. The van der Waals surface area contributed by atoms with E-state index in [-0.39, 0.29) is 12.1 Å². The molecule has 0 aliphatic carbocycles. The summed E-state index contributed by atoms with van der Waals surface area (Å²) in [5.74, 6) is 0.827. The van der Waals surface area contributed by atoms with E-state index in [0.717, 1.165) is 12.8 Å². The van der Waals surface area contributed by atoms with Crippen LogP contribution in [0.2, 0.25) is 0 Å². The van der Waals surface area contributed by atoms with Gasteiger partial charge in [0.05, 0.1) is 12.1 Å². The zero-order valence-electron chi connectivity index (χ0n) is 9.50. The standard InChI is InChI=1S/C10H17BrN4O/c1-3-10(4-2,6-16)15-9-13-7(11)5-8(12)14-9/h5,16H,3-4,6H2,1-2H3,(H3,12,13,14,15). The highest BCUT2D eigenvalue weighted by molar-refractivity contribution is 9.10. The van der Waals surface area contributed by atoms with Gasteiger partial charge in [-0.15, -0.1) is 0 Å². The summed E-state index contributed by atoms with van der Waals surface area (Å²) in [5, 5.41) is 12.6. The smallest absolute Gasteiger partial charge is 0.226 e. The third-order valence-corrected chi connectivity index (χ3v) is 3.15. The third kappa shape index (κ3) is 3.05. The minimum absolute atomic E-state index is 0.0375. The van der Waals surface area contributed by atoms with Gasteiger partial charge in [-0.1, -0.05) is 13.8 Å². The maximum atomic E-state index is 9.42. The number of aromatic nitrogens is 2. The Morgan fingerprint density at radius 1 is 1.44 bits per heavy atom. The largest absolute Gasteiger partial charge is 0.394 e. The number of aliphatic hydroxyl groups excluding tert-OH is 1. The zero-order chi connectivity index (χ0) is 12.2. The van der Waals surface area contributed by atoms with E-state index < -0.39 is 0 Å². The van der Waals surface area contributed by atoms with E-state index in [1.165, 1.54) is 0 Å². The molecule has 0 fully saturated rings. The number of rotatable bonds is 5. The van der Waals surface area contributed by atoms with Gasteiger partial charge in [0.1, 0.15) is 10.4 Å². The van der Waals surface area contributed by atoms with Crippen LogP contribution in [0.25, 0.3) is 0 Å². The van der Waals surface area contributed by atoms with E-state index in [2.05, 4.69) is 31.2 Å². The highest BCUT2D eigenvalue weighted by Crippen LogP contribution is 2.21. The van der Waals surface area contributed by atoms with Crippen LogP contribution in [0, 0.1) is 0 Å². The van der Waals surface area contributed by atoms with Crippen molar-refractivity contribution in [3.05, 3.63) is 10.7 Å². The van der Waals surface area contributed by atoms with Gasteiger partial charge in [0.25, 0.3) is 0 Å². The van der Waals surface area contributed by atoms with Gasteiger partial charge in [-0.25, -0.2) is 4.98 Å². The van der Waals surface area contributed by atoms with Crippen molar-refractivity contribution in [3.63, 3.8) is 0 Å². The van der Waals surface area contributed by atoms with Gasteiger partial charge in [-0.2, -0.15) is 4.98 Å². The maximum Gasteiger partial charge on any atom is 0.226 e. The summed E-state index contributed by atoms with van der Waals surface area (Å²) < 4.78 is 0.626. The molecule has 1 aromatic rings. The molecule has 0 saturated carbocycles. The first-order valence-corrected chi connectivity index (χ1v) is 6.03. The van der Waals surface area contributed by atoms with Crippen molar-refractivity contribution in [1.29, 1.82) is 0 Å². The second-order valence-corrected chi connectivity index (χ2v) is 4.52. The number of nitrogen functional groups attached to an aromatic ring is 1. The van der Waals surface area contributed by atoms with Gasteiger partial charge < -0.3 is 16.2 Å². The zero-order valence-corrected chi connectivity index (χ0v) is 11.1. The van der Waals surface area contributed by atoms with Gasteiger partial charge in [-0.05, 0) is 28.8 Å². The Balaban J connectivity index is 2.93. The molecule has 1 heterocycles. The summed E-state index contributed by atoms with van der Waals surface area (Å²) in [6.45, 7) is 4.05. The molecule has 0 aliphatic heterocycles. The molecule has 1 aromatic heterocycles. The number of nitrogens with two attached hydrogens (primary N) is 1. The minimum atomic E-state index is -0.382. The van der Waals surface area contributed by atoms with Crippen LogP contribution in [0.5, 0.6) is 0 Å². The van der Waals surface area contributed by atoms with E-state index in [4.69, 9.17) is 5.73 Å². The van der Waals surface area contributed by atoms with Crippen molar-refractivity contribution in [2.24, 2.45) is 0 Å². The van der Waals surface area contributed by atoms with Crippen molar-refractivity contribution in [2.45, 2.75) is 32.2 Å². The topological polar surface area (TPSA) is 84.1 Å². The first-order valence-electron chi connectivity index (χ1n) is 5.24. The van der Waals surface area contributed by atoms with Crippen LogP contribution in [0.4, 0.5) is 11.8 Å². The SMILES string of the molecule is CCC(CC)(CO)Nc1nc(N)cc(Br)n1. The molecular weight excluding hydrogens is 272 g/mol. The predicted molar refractivity (Wildman–Crippen MR) is 68.2 cm³/mol. The van der Waals surface area contributed by atoms with Crippen molar-refractivity contribution in [2.75, 3.05) is 17.7 Å². The lowest BCUT2D eigenvalue weighted by Gasteiger charge is -2.30. The van der Waals surface area contributed by atoms with Gasteiger partial charge in [-0.3, -0.25) is 0 Å². The van der Waals surface area contributed by atoms with Crippen molar-refractivity contribution < 1.29 is 5.11 Å². The molecule has 4 N–H and O–H groups in total. The van der Waals surface area contributed by atoms with Crippen LogP contribution in [-0.2, 0) is 0 Å². The Hall–Kier alpha value is -0.880. The van der Waals surface area contributed by atoms with Crippen LogP contribution in [0.15, 0.2) is 10.7 Å². The molecule has 6 heteroatoms. The monoisotopic (exact) mass is 288 g/mol. The highest BCUT2D eigenvalue weighted by Gasteiger charge is 2.25. The van der Waals surface area contributed by atoms with Crippen LogP contribution in [0.3, 0.4) is 0 Å². The van der Waals surface area contributed by atoms with Crippen LogP contribution in [0.1, 0.15) is 26.7 Å². The lowest BCUT2D eigenvalue weighted by atomic mass is 9.94. The summed E-state index contributed by atoms with van der Waals surface area (Å²) in [7, 11) is 0. The Morgan fingerprint density at radius 3 is 2.50 bits per heavy atom. The molecule has 0 spiro atoms. The number of nitrogens with zero attached hydrogens (tertiary/aromatic N) is 2. The van der Waals surface area contributed by atoms with Gasteiger partial charge >= 0.3 is 0 Å². The van der Waals surface area contributed by atoms with Gasteiger partial charge in [0, 0.05) is 6.07 Å². The lowest BCUT2D eigenvalue weighted by molar-refractivity contribution is 0.201.